The molecule has 0 saturated heterocycles. The lowest BCUT2D eigenvalue weighted by Gasteiger charge is -2.07. The van der Waals surface area contributed by atoms with Gasteiger partial charge in [-0.25, -0.2) is 4.98 Å². The molecule has 6 heteroatoms. The van der Waals surface area contributed by atoms with E-state index in [1.165, 1.54) is 0 Å². The smallest absolute Gasteiger partial charge is 0.239 e. The Bertz CT molecular complexity index is 530. The highest BCUT2D eigenvalue weighted by Gasteiger charge is 2.13. The second-order valence-corrected chi connectivity index (χ2v) is 5.36. The van der Waals surface area contributed by atoms with Crippen molar-refractivity contribution in [3.05, 3.63) is 35.6 Å². The molecule has 5 nitrogen and oxygen atoms in total. The Hall–Kier alpha value is -1.56. The van der Waals surface area contributed by atoms with E-state index in [9.17, 15) is 0 Å². The van der Waals surface area contributed by atoms with Gasteiger partial charge in [-0.2, -0.15) is 4.98 Å². The summed E-state index contributed by atoms with van der Waals surface area (Å²) in [7, 11) is 0. The van der Waals surface area contributed by atoms with E-state index in [4.69, 9.17) is 9.26 Å². The molecule has 0 saturated carbocycles. The first-order chi connectivity index (χ1) is 9.19. The van der Waals surface area contributed by atoms with Gasteiger partial charge in [-0.1, -0.05) is 11.2 Å². The lowest BCUT2D eigenvalue weighted by molar-refractivity contribution is 0.326. The Labute approximate surface area is 116 Å². The van der Waals surface area contributed by atoms with Crippen LogP contribution in [0.4, 0.5) is 0 Å². The third kappa shape index (κ3) is 3.96. The lowest BCUT2D eigenvalue weighted by atomic mass is 10.4. The quantitative estimate of drug-likeness (QED) is 0.809. The van der Waals surface area contributed by atoms with Gasteiger partial charge in [0.2, 0.25) is 11.8 Å². The molecule has 0 aliphatic rings. The third-order valence-electron chi connectivity index (χ3n) is 2.45. The highest BCUT2D eigenvalue weighted by molar-refractivity contribution is 7.98. The van der Waals surface area contributed by atoms with Gasteiger partial charge >= 0.3 is 0 Å². The number of pyridine rings is 1. The fourth-order valence-corrected chi connectivity index (χ4v) is 2.35. The van der Waals surface area contributed by atoms with Crippen LogP contribution >= 0.6 is 11.8 Å². The molecule has 19 heavy (non-hydrogen) atoms. The molecule has 0 aliphatic heterocycles. The Morgan fingerprint density at radius 3 is 2.89 bits per heavy atom. The first kappa shape index (κ1) is 13.9. The van der Waals surface area contributed by atoms with Gasteiger partial charge in [0.05, 0.1) is 17.6 Å². The molecule has 0 radical (unpaired) electrons. The van der Waals surface area contributed by atoms with Crippen molar-refractivity contribution >= 4 is 11.8 Å². The van der Waals surface area contributed by atoms with Crippen LogP contribution in [0.15, 0.2) is 22.7 Å². The van der Waals surface area contributed by atoms with Crippen LogP contribution in [-0.2, 0) is 5.75 Å². The summed E-state index contributed by atoms with van der Waals surface area (Å²) in [6, 6.07) is 5.80. The van der Waals surface area contributed by atoms with Gasteiger partial charge < -0.3 is 9.26 Å². The van der Waals surface area contributed by atoms with Crippen LogP contribution in [0.1, 0.15) is 36.5 Å². The summed E-state index contributed by atoms with van der Waals surface area (Å²) in [6.07, 6.45) is 0. The van der Waals surface area contributed by atoms with E-state index in [1.807, 2.05) is 39.0 Å². The summed E-state index contributed by atoms with van der Waals surface area (Å²) in [5.74, 6) is 2.77. The monoisotopic (exact) mass is 279 g/mol. The number of hydrogen-bond acceptors (Lipinski definition) is 6. The van der Waals surface area contributed by atoms with Crippen molar-refractivity contribution in [3.8, 4) is 5.88 Å². The highest BCUT2D eigenvalue weighted by Crippen LogP contribution is 2.29. The number of nitrogens with zero attached hydrogens (tertiary/aromatic N) is 3. The number of hydrogen-bond donors (Lipinski definition) is 0. The Morgan fingerprint density at radius 1 is 1.37 bits per heavy atom. The van der Waals surface area contributed by atoms with Crippen molar-refractivity contribution in [3.63, 3.8) is 0 Å². The highest BCUT2D eigenvalue weighted by atomic mass is 32.2. The zero-order valence-electron chi connectivity index (χ0n) is 11.3. The van der Waals surface area contributed by atoms with Crippen LogP contribution in [0.2, 0.25) is 0 Å². The Morgan fingerprint density at radius 2 is 2.21 bits per heavy atom. The second kappa shape index (κ2) is 6.56. The molecule has 2 aromatic rings. The van der Waals surface area contributed by atoms with Gasteiger partial charge in [0.1, 0.15) is 0 Å². The van der Waals surface area contributed by atoms with E-state index in [2.05, 4.69) is 15.1 Å². The predicted molar refractivity (Wildman–Crippen MR) is 74.2 cm³/mol. The van der Waals surface area contributed by atoms with Crippen molar-refractivity contribution < 1.29 is 9.26 Å². The predicted octanol–water partition coefficient (Wildman–Crippen LogP) is 3.17. The molecular formula is C13H17N3O2S. The summed E-state index contributed by atoms with van der Waals surface area (Å²) in [4.78, 5) is 8.65. The molecule has 0 aliphatic carbocycles. The van der Waals surface area contributed by atoms with Gasteiger partial charge in [-0.3, -0.25) is 0 Å². The molecule has 0 amide bonds. The SMILES string of the molecule is CCOc1cccc(CS[C@H](C)c2nc(C)no2)n1. The van der Waals surface area contributed by atoms with Crippen LogP contribution in [0.5, 0.6) is 5.88 Å². The normalized spacial score (nSPS) is 12.4. The molecule has 2 rings (SSSR count). The van der Waals surface area contributed by atoms with Crippen molar-refractivity contribution in [2.24, 2.45) is 0 Å². The summed E-state index contributed by atoms with van der Waals surface area (Å²) >= 11 is 1.71. The molecule has 0 spiro atoms. The van der Waals surface area contributed by atoms with Crippen molar-refractivity contribution in [1.82, 2.24) is 15.1 Å². The van der Waals surface area contributed by atoms with E-state index in [-0.39, 0.29) is 5.25 Å². The maximum atomic E-state index is 5.38. The topological polar surface area (TPSA) is 61.0 Å². The molecule has 1 atom stereocenters. The molecule has 2 heterocycles. The minimum absolute atomic E-state index is 0.152. The largest absolute Gasteiger partial charge is 0.478 e. The van der Waals surface area contributed by atoms with Crippen molar-refractivity contribution in [1.29, 1.82) is 0 Å². The van der Waals surface area contributed by atoms with Gasteiger partial charge in [-0.05, 0) is 26.8 Å². The van der Waals surface area contributed by atoms with E-state index < -0.39 is 0 Å². The average molecular weight is 279 g/mol. The number of rotatable bonds is 6. The second-order valence-electron chi connectivity index (χ2n) is 4.03. The minimum Gasteiger partial charge on any atom is -0.478 e. The first-order valence-electron chi connectivity index (χ1n) is 6.19. The standard InChI is InChI=1S/C13H17N3O2S/c1-4-17-12-7-5-6-11(15-12)8-19-9(2)13-14-10(3)16-18-13/h5-7,9H,4,8H2,1-3H3/t9-/m1/s1. The maximum Gasteiger partial charge on any atom is 0.239 e. The fraction of sp³-hybridized carbons (Fsp3) is 0.462. The van der Waals surface area contributed by atoms with Gasteiger partial charge in [-0.15, -0.1) is 11.8 Å². The number of aromatic nitrogens is 3. The Kier molecular flexibility index (Phi) is 4.79. The van der Waals surface area contributed by atoms with Gasteiger partial charge in [0, 0.05) is 11.8 Å². The summed E-state index contributed by atoms with van der Waals surface area (Å²) < 4.78 is 10.5. The molecule has 0 aromatic carbocycles. The third-order valence-corrected chi connectivity index (χ3v) is 3.61. The maximum absolute atomic E-state index is 5.38. The zero-order valence-corrected chi connectivity index (χ0v) is 12.1. The first-order valence-corrected chi connectivity index (χ1v) is 7.24. The van der Waals surface area contributed by atoms with Crippen LogP contribution < -0.4 is 4.74 Å². The molecule has 0 N–H and O–H groups in total. The van der Waals surface area contributed by atoms with E-state index in [0.29, 0.717) is 24.2 Å². The number of aryl methyl sites for hydroxylation is 1. The number of thioether (sulfide) groups is 1. The van der Waals surface area contributed by atoms with Crippen LogP contribution in [-0.4, -0.2) is 21.7 Å². The van der Waals surface area contributed by atoms with E-state index in [1.54, 1.807) is 11.8 Å². The van der Waals surface area contributed by atoms with Crippen LogP contribution in [0.3, 0.4) is 0 Å². The van der Waals surface area contributed by atoms with E-state index >= 15 is 0 Å². The molecule has 0 fully saturated rings. The molecule has 0 bridgehead atoms. The van der Waals surface area contributed by atoms with Crippen molar-refractivity contribution in [2.75, 3.05) is 6.61 Å². The van der Waals surface area contributed by atoms with Gasteiger partial charge in [0.15, 0.2) is 5.82 Å². The summed E-state index contributed by atoms with van der Waals surface area (Å²) in [6.45, 7) is 6.44. The Balaban J connectivity index is 1.93. The van der Waals surface area contributed by atoms with Crippen molar-refractivity contribution in [2.45, 2.75) is 31.8 Å². The van der Waals surface area contributed by atoms with Gasteiger partial charge in [0.25, 0.3) is 0 Å². The lowest BCUT2D eigenvalue weighted by Crippen LogP contribution is -1.97. The molecule has 2 aromatic heterocycles. The summed E-state index contributed by atoms with van der Waals surface area (Å²) in [5, 5.41) is 3.95. The molecule has 0 unspecified atom stereocenters. The van der Waals surface area contributed by atoms with Crippen LogP contribution in [0, 0.1) is 6.92 Å². The zero-order chi connectivity index (χ0) is 13.7. The molecule has 102 valence electrons. The molecular weight excluding hydrogens is 262 g/mol. The fourth-order valence-electron chi connectivity index (χ4n) is 1.53. The van der Waals surface area contributed by atoms with E-state index in [0.717, 1.165) is 11.4 Å². The average Bonchev–Trinajstić information content (AvgIpc) is 2.84. The van der Waals surface area contributed by atoms with Crippen LogP contribution in [0.25, 0.3) is 0 Å². The minimum atomic E-state index is 0.152. The number of ether oxygens (including phenoxy) is 1. The summed E-state index contributed by atoms with van der Waals surface area (Å²) in [5.41, 5.74) is 0.985.